The number of likely N-dealkylation sites (tertiary alicyclic amines) is 1. The molecule has 0 saturated carbocycles. The Morgan fingerprint density at radius 1 is 0.719 bits per heavy atom. The molecule has 1 aliphatic heterocycles. The van der Waals surface area contributed by atoms with Crippen LogP contribution in [-0.4, -0.2) is 29.7 Å². The maximum atomic E-state index is 14.2. The SMILES string of the molecule is O=C1/C(=C\c2ccc(F)cc2)CN(C(=O)c2ccccc2F)C/C1=C\c1ccc(F)cc1. The third kappa shape index (κ3) is 4.70. The smallest absolute Gasteiger partial charge is 0.257 e. The monoisotopic (exact) mass is 433 g/mol. The van der Waals surface area contributed by atoms with E-state index >= 15 is 0 Å². The minimum absolute atomic E-state index is 0.0237. The van der Waals surface area contributed by atoms with E-state index in [4.69, 9.17) is 0 Å². The molecule has 160 valence electrons. The third-order valence-electron chi connectivity index (χ3n) is 5.12. The van der Waals surface area contributed by atoms with E-state index in [1.807, 2.05) is 0 Å². The van der Waals surface area contributed by atoms with E-state index in [-0.39, 0.29) is 24.4 Å². The van der Waals surface area contributed by atoms with Gasteiger partial charge in [-0.15, -0.1) is 0 Å². The molecule has 3 nitrogen and oxygen atoms in total. The van der Waals surface area contributed by atoms with Crippen molar-refractivity contribution in [2.45, 2.75) is 0 Å². The lowest BCUT2D eigenvalue weighted by Crippen LogP contribution is -2.42. The van der Waals surface area contributed by atoms with Crippen LogP contribution in [0.1, 0.15) is 21.5 Å². The molecule has 32 heavy (non-hydrogen) atoms. The van der Waals surface area contributed by atoms with E-state index in [1.165, 1.54) is 71.6 Å². The van der Waals surface area contributed by atoms with E-state index in [9.17, 15) is 22.8 Å². The van der Waals surface area contributed by atoms with Crippen LogP contribution in [0.15, 0.2) is 83.9 Å². The summed E-state index contributed by atoms with van der Waals surface area (Å²) in [7, 11) is 0. The predicted molar refractivity (Wildman–Crippen MR) is 116 cm³/mol. The minimum atomic E-state index is -0.650. The Kier molecular flexibility index (Phi) is 6.03. The van der Waals surface area contributed by atoms with Crippen LogP contribution in [0.4, 0.5) is 13.2 Å². The second-order valence-electron chi connectivity index (χ2n) is 7.41. The summed E-state index contributed by atoms with van der Waals surface area (Å²) in [6, 6.07) is 16.8. The first-order valence-electron chi connectivity index (χ1n) is 9.91. The Hall–Kier alpha value is -3.93. The molecule has 1 heterocycles. The summed E-state index contributed by atoms with van der Waals surface area (Å²) in [5, 5.41) is 0. The molecular formula is C26H18F3NO2. The topological polar surface area (TPSA) is 37.4 Å². The van der Waals surface area contributed by atoms with Crippen LogP contribution < -0.4 is 0 Å². The van der Waals surface area contributed by atoms with E-state index in [1.54, 1.807) is 18.2 Å². The fourth-order valence-electron chi connectivity index (χ4n) is 3.51. The molecule has 3 aromatic carbocycles. The number of carbonyl (C=O) groups is 2. The second-order valence-corrected chi connectivity index (χ2v) is 7.41. The number of hydrogen-bond acceptors (Lipinski definition) is 2. The van der Waals surface area contributed by atoms with Crippen molar-refractivity contribution in [1.82, 2.24) is 4.90 Å². The molecule has 0 bridgehead atoms. The van der Waals surface area contributed by atoms with Gasteiger partial charge in [-0.2, -0.15) is 0 Å². The Morgan fingerprint density at radius 3 is 1.66 bits per heavy atom. The first-order chi connectivity index (χ1) is 15.4. The Labute approximate surface area is 183 Å². The minimum Gasteiger partial charge on any atom is -0.330 e. The second kappa shape index (κ2) is 9.06. The van der Waals surface area contributed by atoms with Crippen molar-refractivity contribution < 1.29 is 22.8 Å². The average Bonchev–Trinajstić information content (AvgIpc) is 2.79. The van der Waals surface area contributed by atoms with Gasteiger partial charge in [-0.05, 0) is 59.7 Å². The number of Topliss-reactive ketones (excluding diaryl/α,β-unsaturated/α-hetero) is 1. The van der Waals surface area contributed by atoms with Crippen molar-refractivity contribution in [3.05, 3.63) is 118 Å². The predicted octanol–water partition coefficient (Wildman–Crippen LogP) is 5.30. The van der Waals surface area contributed by atoms with Crippen molar-refractivity contribution in [3.63, 3.8) is 0 Å². The van der Waals surface area contributed by atoms with E-state index in [0.29, 0.717) is 22.3 Å². The zero-order valence-corrected chi connectivity index (χ0v) is 16.9. The largest absolute Gasteiger partial charge is 0.330 e. The first-order valence-corrected chi connectivity index (χ1v) is 9.91. The van der Waals surface area contributed by atoms with Gasteiger partial charge in [-0.3, -0.25) is 9.59 Å². The van der Waals surface area contributed by atoms with Gasteiger partial charge >= 0.3 is 0 Å². The maximum Gasteiger partial charge on any atom is 0.257 e. The zero-order chi connectivity index (χ0) is 22.7. The number of carbonyl (C=O) groups excluding carboxylic acids is 2. The molecule has 6 heteroatoms. The zero-order valence-electron chi connectivity index (χ0n) is 16.9. The fourth-order valence-corrected chi connectivity index (χ4v) is 3.51. The van der Waals surface area contributed by atoms with Gasteiger partial charge in [0, 0.05) is 11.1 Å². The molecule has 0 aliphatic carbocycles. The molecular weight excluding hydrogens is 415 g/mol. The Morgan fingerprint density at radius 2 is 1.19 bits per heavy atom. The van der Waals surface area contributed by atoms with Crippen molar-refractivity contribution in [2.75, 3.05) is 13.1 Å². The van der Waals surface area contributed by atoms with E-state index < -0.39 is 23.4 Å². The highest BCUT2D eigenvalue weighted by Crippen LogP contribution is 2.24. The molecule has 3 aromatic rings. The van der Waals surface area contributed by atoms with Crippen LogP contribution in [0.5, 0.6) is 0 Å². The third-order valence-corrected chi connectivity index (χ3v) is 5.12. The molecule has 1 fully saturated rings. The highest BCUT2D eigenvalue weighted by Gasteiger charge is 2.30. The summed E-state index contributed by atoms with van der Waals surface area (Å²) in [5.74, 6) is -2.30. The number of nitrogens with zero attached hydrogens (tertiary/aromatic N) is 1. The van der Waals surface area contributed by atoms with Crippen molar-refractivity contribution >= 4 is 23.8 Å². The van der Waals surface area contributed by atoms with Gasteiger partial charge in [0.25, 0.3) is 5.91 Å². The van der Waals surface area contributed by atoms with Crippen LogP contribution in [0, 0.1) is 17.5 Å². The Balaban J connectivity index is 1.73. The van der Waals surface area contributed by atoms with Gasteiger partial charge in [0.1, 0.15) is 17.5 Å². The fraction of sp³-hybridized carbons (Fsp3) is 0.0769. The molecule has 0 aromatic heterocycles. The maximum absolute atomic E-state index is 14.2. The van der Waals surface area contributed by atoms with Gasteiger partial charge in [0.2, 0.25) is 0 Å². The molecule has 1 saturated heterocycles. The van der Waals surface area contributed by atoms with Gasteiger partial charge in [0.15, 0.2) is 5.78 Å². The number of piperidine rings is 1. The van der Waals surface area contributed by atoms with Crippen LogP contribution in [0.2, 0.25) is 0 Å². The molecule has 0 atom stereocenters. The highest BCUT2D eigenvalue weighted by atomic mass is 19.1. The van der Waals surface area contributed by atoms with Crippen molar-refractivity contribution in [2.24, 2.45) is 0 Å². The van der Waals surface area contributed by atoms with E-state index in [2.05, 4.69) is 0 Å². The normalized spacial score (nSPS) is 16.6. The number of benzene rings is 3. The summed E-state index contributed by atoms with van der Waals surface area (Å²) in [5.41, 5.74) is 1.71. The lowest BCUT2D eigenvalue weighted by atomic mass is 9.93. The van der Waals surface area contributed by atoms with Crippen LogP contribution in [-0.2, 0) is 4.79 Å². The molecule has 0 unspecified atom stereocenters. The van der Waals surface area contributed by atoms with Gasteiger partial charge in [-0.25, -0.2) is 13.2 Å². The van der Waals surface area contributed by atoms with Gasteiger partial charge in [0.05, 0.1) is 18.7 Å². The van der Waals surface area contributed by atoms with Crippen LogP contribution in [0.3, 0.4) is 0 Å². The van der Waals surface area contributed by atoms with Crippen molar-refractivity contribution in [3.8, 4) is 0 Å². The molecule has 1 aliphatic rings. The standard InChI is InChI=1S/C26H18F3NO2/c27-21-9-5-17(6-10-21)13-19-15-30(26(32)23-3-1-2-4-24(23)29)16-20(25(19)31)14-18-7-11-22(28)12-8-18/h1-14H,15-16H2/b19-13-,20-14+. The number of rotatable bonds is 3. The number of halogens is 3. The molecule has 0 N–H and O–H groups in total. The Bertz CT molecular complexity index is 1160. The summed E-state index contributed by atoms with van der Waals surface area (Å²) in [6.45, 7) is -0.0474. The first kappa shape index (κ1) is 21.3. The van der Waals surface area contributed by atoms with Crippen molar-refractivity contribution in [1.29, 1.82) is 0 Å². The molecule has 4 rings (SSSR count). The summed E-state index contributed by atoms with van der Waals surface area (Å²) in [4.78, 5) is 27.6. The lowest BCUT2D eigenvalue weighted by molar-refractivity contribution is -0.113. The number of amides is 1. The lowest BCUT2D eigenvalue weighted by Gasteiger charge is -2.30. The van der Waals surface area contributed by atoms with E-state index in [0.717, 1.165) is 0 Å². The number of ketones is 1. The number of hydrogen-bond donors (Lipinski definition) is 0. The molecule has 1 amide bonds. The quantitative estimate of drug-likeness (QED) is 0.526. The summed E-state index contributed by atoms with van der Waals surface area (Å²) < 4.78 is 40.7. The summed E-state index contributed by atoms with van der Waals surface area (Å²) in [6.07, 6.45) is 3.17. The van der Waals surface area contributed by atoms with Crippen LogP contribution >= 0.6 is 0 Å². The summed E-state index contributed by atoms with van der Waals surface area (Å²) >= 11 is 0. The van der Waals surface area contributed by atoms with Gasteiger partial charge < -0.3 is 4.90 Å². The highest BCUT2D eigenvalue weighted by molar-refractivity contribution is 6.15. The molecule has 0 spiro atoms. The van der Waals surface area contributed by atoms with Gasteiger partial charge in [-0.1, -0.05) is 36.4 Å². The average molecular weight is 433 g/mol. The van der Waals surface area contributed by atoms with Crippen LogP contribution in [0.25, 0.3) is 12.2 Å². The molecule has 0 radical (unpaired) electrons.